The highest BCUT2D eigenvalue weighted by atomic mass is 32.1. The average Bonchev–Trinajstić information content (AvgIpc) is 2.76. The first kappa shape index (κ1) is 13.1. The van der Waals surface area contributed by atoms with E-state index in [-0.39, 0.29) is 18.0 Å². The van der Waals surface area contributed by atoms with Crippen LogP contribution in [0.15, 0.2) is 29.0 Å². The van der Waals surface area contributed by atoms with Crippen LogP contribution in [0.25, 0.3) is 0 Å². The van der Waals surface area contributed by atoms with Crippen LogP contribution in [0.5, 0.6) is 0 Å². The first-order chi connectivity index (χ1) is 8.63. The van der Waals surface area contributed by atoms with Gasteiger partial charge in [-0.2, -0.15) is 11.3 Å². The Bertz CT molecular complexity index is 519. The van der Waals surface area contributed by atoms with Crippen molar-refractivity contribution in [3.05, 3.63) is 57.3 Å². The summed E-state index contributed by atoms with van der Waals surface area (Å²) < 4.78 is 27.2. The molecule has 18 heavy (non-hydrogen) atoms. The molecule has 3 N–H and O–H groups in total. The number of rotatable bonds is 4. The number of halogens is 2. The van der Waals surface area contributed by atoms with Gasteiger partial charge in [0.1, 0.15) is 11.6 Å². The fraction of sp³-hybridized carbons (Fsp3) is 0.231. The van der Waals surface area contributed by atoms with E-state index in [9.17, 15) is 8.78 Å². The zero-order chi connectivity index (χ0) is 13.1. The molecule has 0 aliphatic carbocycles. The van der Waals surface area contributed by atoms with Crippen molar-refractivity contribution < 1.29 is 8.78 Å². The normalized spacial score (nSPS) is 12.7. The molecule has 1 unspecified atom stereocenters. The third-order valence-corrected chi connectivity index (χ3v) is 3.82. The molecule has 0 aliphatic rings. The van der Waals surface area contributed by atoms with Crippen molar-refractivity contribution in [1.29, 1.82) is 0 Å². The fourth-order valence-corrected chi connectivity index (χ4v) is 2.82. The summed E-state index contributed by atoms with van der Waals surface area (Å²) in [5, 5.41) is 3.93. The Balaban J connectivity index is 2.29. The maximum atomic E-state index is 13.6. The molecule has 0 spiro atoms. The first-order valence-corrected chi connectivity index (χ1v) is 6.49. The molecular weight excluding hydrogens is 254 g/mol. The minimum Gasteiger partial charge on any atom is -0.271 e. The lowest BCUT2D eigenvalue weighted by molar-refractivity contribution is 0.499. The highest BCUT2D eigenvalue weighted by Crippen LogP contribution is 2.26. The zero-order valence-electron chi connectivity index (χ0n) is 9.91. The second-order valence-corrected chi connectivity index (χ2v) is 4.88. The molecule has 1 aromatic carbocycles. The SMILES string of the molecule is Cc1cscc1C(Cc1c(F)cccc1F)NN. The number of nitrogens with two attached hydrogens (primary N) is 1. The number of thiophene rings is 1. The molecule has 0 aliphatic heterocycles. The van der Waals surface area contributed by atoms with Crippen molar-refractivity contribution in [2.75, 3.05) is 0 Å². The summed E-state index contributed by atoms with van der Waals surface area (Å²) in [7, 11) is 0. The van der Waals surface area contributed by atoms with Crippen LogP contribution in [0.4, 0.5) is 8.78 Å². The van der Waals surface area contributed by atoms with Crippen LogP contribution in [0, 0.1) is 18.6 Å². The molecule has 0 bridgehead atoms. The van der Waals surface area contributed by atoms with Crippen LogP contribution < -0.4 is 11.3 Å². The lowest BCUT2D eigenvalue weighted by atomic mass is 9.98. The van der Waals surface area contributed by atoms with Gasteiger partial charge in [-0.05, 0) is 47.4 Å². The molecule has 96 valence electrons. The van der Waals surface area contributed by atoms with Gasteiger partial charge < -0.3 is 0 Å². The summed E-state index contributed by atoms with van der Waals surface area (Å²) in [6, 6.07) is 3.58. The zero-order valence-corrected chi connectivity index (χ0v) is 10.7. The van der Waals surface area contributed by atoms with Gasteiger partial charge in [0.05, 0.1) is 6.04 Å². The van der Waals surface area contributed by atoms with Gasteiger partial charge in [-0.3, -0.25) is 11.3 Å². The number of nitrogens with one attached hydrogen (secondary N) is 1. The molecule has 1 atom stereocenters. The quantitative estimate of drug-likeness (QED) is 0.660. The summed E-state index contributed by atoms with van der Waals surface area (Å²) >= 11 is 1.55. The van der Waals surface area contributed by atoms with Crippen molar-refractivity contribution >= 4 is 11.3 Å². The minimum absolute atomic E-state index is 0.0612. The number of benzene rings is 1. The molecule has 2 rings (SSSR count). The van der Waals surface area contributed by atoms with Gasteiger partial charge in [0.2, 0.25) is 0 Å². The average molecular weight is 268 g/mol. The molecule has 0 amide bonds. The summed E-state index contributed by atoms with van der Waals surface area (Å²) in [5.41, 5.74) is 4.73. The van der Waals surface area contributed by atoms with E-state index in [2.05, 4.69) is 5.43 Å². The van der Waals surface area contributed by atoms with Crippen LogP contribution in [0.3, 0.4) is 0 Å². The predicted molar refractivity (Wildman–Crippen MR) is 69.2 cm³/mol. The van der Waals surface area contributed by atoms with Crippen LogP contribution in [0.1, 0.15) is 22.7 Å². The molecule has 1 aromatic heterocycles. The van der Waals surface area contributed by atoms with Crippen molar-refractivity contribution in [1.82, 2.24) is 5.43 Å². The molecule has 5 heteroatoms. The number of hydrogen-bond acceptors (Lipinski definition) is 3. The van der Waals surface area contributed by atoms with Gasteiger partial charge in [-0.1, -0.05) is 6.07 Å². The Kier molecular flexibility index (Phi) is 4.06. The van der Waals surface area contributed by atoms with E-state index >= 15 is 0 Å². The Labute approximate surface area is 108 Å². The second-order valence-electron chi connectivity index (χ2n) is 4.13. The third-order valence-electron chi connectivity index (χ3n) is 2.94. The molecule has 2 nitrogen and oxygen atoms in total. The smallest absolute Gasteiger partial charge is 0.129 e. The van der Waals surface area contributed by atoms with Gasteiger partial charge >= 0.3 is 0 Å². The van der Waals surface area contributed by atoms with E-state index in [1.165, 1.54) is 18.2 Å². The lowest BCUT2D eigenvalue weighted by Gasteiger charge is -2.17. The van der Waals surface area contributed by atoms with Gasteiger partial charge in [0, 0.05) is 5.56 Å². The number of hydrazine groups is 1. The van der Waals surface area contributed by atoms with E-state index in [0.717, 1.165) is 11.1 Å². The molecule has 0 fully saturated rings. The van der Waals surface area contributed by atoms with Gasteiger partial charge in [0.15, 0.2) is 0 Å². The molecule has 1 heterocycles. The van der Waals surface area contributed by atoms with Crippen LogP contribution in [-0.4, -0.2) is 0 Å². The monoisotopic (exact) mass is 268 g/mol. The van der Waals surface area contributed by atoms with E-state index in [4.69, 9.17) is 5.84 Å². The van der Waals surface area contributed by atoms with Gasteiger partial charge in [-0.15, -0.1) is 0 Å². The van der Waals surface area contributed by atoms with Crippen LogP contribution in [0.2, 0.25) is 0 Å². The first-order valence-electron chi connectivity index (χ1n) is 5.55. The van der Waals surface area contributed by atoms with Gasteiger partial charge in [-0.25, -0.2) is 8.78 Å². The van der Waals surface area contributed by atoms with Crippen molar-refractivity contribution in [3.63, 3.8) is 0 Å². The Morgan fingerprint density at radius 1 is 1.28 bits per heavy atom. The predicted octanol–water partition coefficient (Wildman–Crippen LogP) is 3.08. The standard InChI is InChI=1S/C13H14F2N2S/c1-8-6-18-7-10(8)13(17-16)5-9-11(14)3-2-4-12(9)15/h2-4,6-7,13,17H,5,16H2,1H3. The molecule has 0 radical (unpaired) electrons. The number of hydrogen-bond donors (Lipinski definition) is 2. The third kappa shape index (κ3) is 2.58. The Hall–Kier alpha value is -1.30. The van der Waals surface area contributed by atoms with E-state index < -0.39 is 11.6 Å². The molecular formula is C13H14F2N2S. The Morgan fingerprint density at radius 2 is 1.94 bits per heavy atom. The molecule has 2 aromatic rings. The van der Waals surface area contributed by atoms with Crippen molar-refractivity contribution in [2.24, 2.45) is 5.84 Å². The van der Waals surface area contributed by atoms with E-state index in [1.54, 1.807) is 11.3 Å². The lowest BCUT2D eigenvalue weighted by Crippen LogP contribution is -2.30. The minimum atomic E-state index is -0.539. The van der Waals surface area contributed by atoms with Crippen molar-refractivity contribution in [3.8, 4) is 0 Å². The van der Waals surface area contributed by atoms with E-state index in [0.29, 0.717) is 0 Å². The highest BCUT2D eigenvalue weighted by molar-refractivity contribution is 7.08. The van der Waals surface area contributed by atoms with Gasteiger partial charge in [0.25, 0.3) is 0 Å². The largest absolute Gasteiger partial charge is 0.271 e. The summed E-state index contributed by atoms with van der Waals surface area (Å²) in [5.74, 6) is 4.41. The summed E-state index contributed by atoms with van der Waals surface area (Å²) in [4.78, 5) is 0. The topological polar surface area (TPSA) is 38.0 Å². The fourth-order valence-electron chi connectivity index (χ4n) is 1.92. The second kappa shape index (κ2) is 5.56. The highest BCUT2D eigenvalue weighted by Gasteiger charge is 2.18. The molecule has 0 saturated carbocycles. The van der Waals surface area contributed by atoms with Crippen molar-refractivity contribution in [2.45, 2.75) is 19.4 Å². The molecule has 0 saturated heterocycles. The summed E-state index contributed by atoms with van der Waals surface area (Å²) in [6.07, 6.45) is 0.187. The van der Waals surface area contributed by atoms with Crippen LogP contribution in [-0.2, 0) is 6.42 Å². The van der Waals surface area contributed by atoms with E-state index in [1.807, 2.05) is 17.7 Å². The Morgan fingerprint density at radius 3 is 2.44 bits per heavy atom. The van der Waals surface area contributed by atoms with Crippen LogP contribution >= 0.6 is 11.3 Å². The number of aryl methyl sites for hydroxylation is 1. The maximum Gasteiger partial charge on any atom is 0.129 e. The maximum absolute atomic E-state index is 13.6. The summed E-state index contributed by atoms with van der Waals surface area (Å²) in [6.45, 7) is 1.95.